The van der Waals surface area contributed by atoms with Gasteiger partial charge in [0, 0.05) is 23.4 Å². The van der Waals surface area contributed by atoms with E-state index in [1.54, 1.807) is 0 Å². The summed E-state index contributed by atoms with van der Waals surface area (Å²) in [6.07, 6.45) is 0.602. The highest BCUT2D eigenvalue weighted by atomic mass is 32.1. The largest absolute Gasteiger partial charge is 0.331 e. The van der Waals surface area contributed by atoms with Crippen molar-refractivity contribution in [2.24, 2.45) is 5.10 Å². The van der Waals surface area contributed by atoms with Gasteiger partial charge in [-0.15, -0.1) is 0 Å². The number of benzene rings is 1. The molecule has 0 heterocycles. The van der Waals surface area contributed by atoms with E-state index in [0.717, 1.165) is 11.4 Å². The highest BCUT2D eigenvalue weighted by molar-refractivity contribution is 7.80. The van der Waals surface area contributed by atoms with Crippen LogP contribution >= 0.6 is 12.2 Å². The summed E-state index contributed by atoms with van der Waals surface area (Å²) in [5.41, 5.74) is 6.35. The Morgan fingerprint density at radius 1 is 1.32 bits per heavy atom. The number of hydroxylamine groups is 1. The highest BCUT2D eigenvalue weighted by Crippen LogP contribution is 2.08. The van der Waals surface area contributed by atoms with Crippen molar-refractivity contribution in [3.05, 3.63) is 30.3 Å². The maximum Gasteiger partial charge on any atom is 0.191 e. The van der Waals surface area contributed by atoms with Gasteiger partial charge in [-0.2, -0.15) is 10.6 Å². The molecule has 19 heavy (non-hydrogen) atoms. The van der Waals surface area contributed by atoms with Crippen LogP contribution in [0.4, 0.5) is 5.69 Å². The molecule has 0 aliphatic carbocycles. The van der Waals surface area contributed by atoms with Crippen LogP contribution in [-0.2, 0) is 0 Å². The molecule has 1 aromatic rings. The van der Waals surface area contributed by atoms with Crippen molar-refractivity contribution in [2.45, 2.75) is 32.7 Å². The Morgan fingerprint density at radius 3 is 2.53 bits per heavy atom. The Bertz CT molecular complexity index is 445. The minimum absolute atomic E-state index is 0.413. The van der Waals surface area contributed by atoms with Crippen LogP contribution in [0.15, 0.2) is 35.4 Å². The van der Waals surface area contributed by atoms with Gasteiger partial charge in [0.1, 0.15) is 0 Å². The molecule has 0 aromatic heterocycles. The molecule has 104 valence electrons. The average molecular weight is 280 g/mol. The molecule has 0 aliphatic rings. The van der Waals surface area contributed by atoms with Crippen LogP contribution in [0.25, 0.3) is 0 Å². The second-order valence-electron chi connectivity index (χ2n) is 4.95. The van der Waals surface area contributed by atoms with Gasteiger partial charge in [-0.25, -0.2) is 0 Å². The van der Waals surface area contributed by atoms with E-state index in [1.807, 2.05) is 51.1 Å². The fourth-order valence-electron chi connectivity index (χ4n) is 1.55. The van der Waals surface area contributed by atoms with Crippen LogP contribution in [-0.4, -0.2) is 21.6 Å². The molecule has 0 spiro atoms. The summed E-state index contributed by atoms with van der Waals surface area (Å²) >= 11 is 5.13. The molecule has 0 saturated carbocycles. The maximum atomic E-state index is 8.95. The van der Waals surface area contributed by atoms with Gasteiger partial charge in [0.15, 0.2) is 5.11 Å². The zero-order chi connectivity index (χ0) is 14.3. The Kier molecular flexibility index (Phi) is 5.88. The van der Waals surface area contributed by atoms with Crippen molar-refractivity contribution in [3.63, 3.8) is 0 Å². The van der Waals surface area contributed by atoms with E-state index in [-0.39, 0.29) is 0 Å². The van der Waals surface area contributed by atoms with Crippen molar-refractivity contribution in [1.82, 2.24) is 10.9 Å². The Hall–Kier alpha value is -1.50. The lowest BCUT2D eigenvalue weighted by atomic mass is 9.99. The number of hydrazone groups is 1. The number of anilines is 1. The van der Waals surface area contributed by atoms with Crippen LogP contribution in [0.5, 0.6) is 0 Å². The van der Waals surface area contributed by atoms with E-state index in [9.17, 15) is 0 Å². The third kappa shape index (κ3) is 6.28. The van der Waals surface area contributed by atoms with E-state index >= 15 is 0 Å². The third-order valence-electron chi connectivity index (χ3n) is 2.38. The van der Waals surface area contributed by atoms with E-state index in [4.69, 9.17) is 17.4 Å². The number of hydrogen-bond donors (Lipinski definition) is 4. The molecule has 1 aromatic carbocycles. The molecule has 0 unspecified atom stereocenters. The molecule has 0 bridgehead atoms. The molecule has 0 fully saturated rings. The lowest BCUT2D eigenvalue weighted by Crippen LogP contribution is -2.38. The smallest absolute Gasteiger partial charge is 0.191 e. The molecule has 6 heteroatoms. The zero-order valence-corrected chi connectivity index (χ0v) is 12.2. The van der Waals surface area contributed by atoms with Crippen LogP contribution in [0, 0.1) is 0 Å². The summed E-state index contributed by atoms with van der Waals surface area (Å²) in [7, 11) is 0. The first-order valence-corrected chi connectivity index (χ1v) is 6.40. The summed E-state index contributed by atoms with van der Waals surface area (Å²) in [5.74, 6) is 0. The lowest BCUT2D eigenvalue weighted by Gasteiger charge is -2.21. The van der Waals surface area contributed by atoms with Crippen LogP contribution in [0.1, 0.15) is 27.2 Å². The first-order valence-electron chi connectivity index (χ1n) is 5.99. The maximum absolute atomic E-state index is 8.95. The Morgan fingerprint density at radius 2 is 1.95 bits per heavy atom. The number of nitrogens with one attached hydrogen (secondary N) is 3. The van der Waals surface area contributed by atoms with Gasteiger partial charge in [0.25, 0.3) is 0 Å². The molecule has 4 N–H and O–H groups in total. The summed E-state index contributed by atoms with van der Waals surface area (Å²) in [6.45, 7) is 5.64. The number of hydrogen-bond acceptors (Lipinski definition) is 4. The van der Waals surface area contributed by atoms with Crippen molar-refractivity contribution in [3.8, 4) is 0 Å². The van der Waals surface area contributed by atoms with Gasteiger partial charge in [-0.05, 0) is 45.1 Å². The summed E-state index contributed by atoms with van der Waals surface area (Å²) in [6, 6.07) is 9.63. The molecule has 0 aliphatic heterocycles. The quantitative estimate of drug-likeness (QED) is 0.379. The average Bonchev–Trinajstić information content (AvgIpc) is 2.37. The summed E-state index contributed by atoms with van der Waals surface area (Å²) in [5, 5.41) is 16.6. The zero-order valence-electron chi connectivity index (χ0n) is 11.4. The fourth-order valence-corrected chi connectivity index (χ4v) is 1.71. The second-order valence-corrected chi connectivity index (χ2v) is 5.36. The number of nitrogens with zero attached hydrogens (tertiary/aromatic N) is 1. The first kappa shape index (κ1) is 15.6. The minimum Gasteiger partial charge on any atom is -0.331 e. The SMILES string of the molecule is C/C(CC(C)(C)NO)=N/NC(=S)Nc1ccccc1. The van der Waals surface area contributed by atoms with Crippen molar-refractivity contribution in [2.75, 3.05) is 5.32 Å². The Balaban J connectivity index is 2.45. The summed E-state index contributed by atoms with van der Waals surface area (Å²) in [4.78, 5) is 0. The molecular formula is C13H20N4OS. The van der Waals surface area contributed by atoms with Crippen LogP contribution in [0.3, 0.4) is 0 Å². The molecule has 1 rings (SSSR count). The molecule has 0 atom stereocenters. The van der Waals surface area contributed by atoms with Crippen molar-refractivity contribution >= 4 is 28.7 Å². The second kappa shape index (κ2) is 7.18. The van der Waals surface area contributed by atoms with Gasteiger partial charge in [-0.3, -0.25) is 5.43 Å². The normalized spacial score (nSPS) is 12.1. The standard InChI is InChI=1S/C13H20N4OS/c1-10(9-13(2,3)17-18)15-16-12(19)14-11-7-5-4-6-8-11/h4-8,17-18H,9H2,1-3H3,(H2,14,16,19)/b15-10-. The Labute approximate surface area is 119 Å². The van der Waals surface area contributed by atoms with E-state index < -0.39 is 5.54 Å². The highest BCUT2D eigenvalue weighted by Gasteiger charge is 2.17. The van der Waals surface area contributed by atoms with Crippen LogP contribution in [0.2, 0.25) is 0 Å². The number of para-hydroxylation sites is 1. The predicted octanol–water partition coefficient (Wildman–Crippen LogP) is 2.50. The van der Waals surface area contributed by atoms with Gasteiger partial charge in [0.2, 0.25) is 0 Å². The molecule has 0 radical (unpaired) electrons. The lowest BCUT2D eigenvalue weighted by molar-refractivity contribution is 0.0854. The molecule has 5 nitrogen and oxygen atoms in total. The predicted molar refractivity (Wildman–Crippen MR) is 82.5 cm³/mol. The third-order valence-corrected chi connectivity index (χ3v) is 2.57. The monoisotopic (exact) mass is 280 g/mol. The molecular weight excluding hydrogens is 260 g/mol. The summed E-state index contributed by atoms with van der Waals surface area (Å²) < 4.78 is 0. The van der Waals surface area contributed by atoms with Gasteiger partial charge in [0.05, 0.1) is 0 Å². The van der Waals surface area contributed by atoms with Crippen molar-refractivity contribution in [1.29, 1.82) is 0 Å². The van der Waals surface area contributed by atoms with Gasteiger partial charge in [-0.1, -0.05) is 18.2 Å². The van der Waals surface area contributed by atoms with Crippen LogP contribution < -0.4 is 16.2 Å². The molecule has 0 saturated heterocycles. The number of thiocarbonyl (C=S) groups is 1. The minimum atomic E-state index is -0.413. The van der Waals surface area contributed by atoms with E-state index in [0.29, 0.717) is 11.5 Å². The number of rotatable bonds is 5. The van der Waals surface area contributed by atoms with E-state index in [1.165, 1.54) is 0 Å². The van der Waals surface area contributed by atoms with E-state index in [2.05, 4.69) is 21.3 Å². The van der Waals surface area contributed by atoms with Crippen molar-refractivity contribution < 1.29 is 5.21 Å². The fraction of sp³-hybridized carbons (Fsp3) is 0.385. The van der Waals surface area contributed by atoms with Gasteiger partial charge >= 0.3 is 0 Å². The first-order chi connectivity index (χ1) is 8.93. The topological polar surface area (TPSA) is 68.7 Å². The van der Waals surface area contributed by atoms with Gasteiger partial charge < -0.3 is 10.5 Å². The molecule has 0 amide bonds.